The number of amides is 2. The Balaban J connectivity index is 2.58. The Labute approximate surface area is 126 Å². The number of hydrogen-bond acceptors (Lipinski definition) is 3. The number of benzene rings is 1. The molecule has 2 N–H and O–H groups in total. The second-order valence-corrected chi connectivity index (χ2v) is 5.53. The minimum atomic E-state index is -0.920. The summed E-state index contributed by atoms with van der Waals surface area (Å²) in [5.74, 6) is 0.725. The van der Waals surface area contributed by atoms with E-state index in [0.29, 0.717) is 13.2 Å². The third kappa shape index (κ3) is 6.31. The molecule has 0 unspecified atom stereocenters. The molecule has 0 aliphatic rings. The normalized spacial score (nSPS) is 10.9. The van der Waals surface area contributed by atoms with E-state index >= 15 is 0 Å². The van der Waals surface area contributed by atoms with Crippen LogP contribution >= 0.6 is 0 Å². The molecule has 0 saturated carbocycles. The predicted molar refractivity (Wildman–Crippen MR) is 83.3 cm³/mol. The van der Waals surface area contributed by atoms with Gasteiger partial charge in [0.25, 0.3) is 0 Å². The summed E-state index contributed by atoms with van der Waals surface area (Å²) in [6.45, 7) is 7.98. The largest absolute Gasteiger partial charge is 0.489 e. The molecular weight excluding hydrogens is 268 g/mol. The van der Waals surface area contributed by atoms with Gasteiger partial charge in [-0.15, -0.1) is 0 Å². The smallest absolute Gasteiger partial charge is 0.317 e. The van der Waals surface area contributed by atoms with Crippen molar-refractivity contribution in [1.29, 1.82) is 0 Å². The van der Waals surface area contributed by atoms with Crippen LogP contribution in [0.3, 0.4) is 0 Å². The van der Waals surface area contributed by atoms with Crippen LogP contribution in [0, 0.1) is 0 Å². The maximum Gasteiger partial charge on any atom is 0.317 e. The summed E-state index contributed by atoms with van der Waals surface area (Å²) in [7, 11) is 1.65. The van der Waals surface area contributed by atoms with Crippen molar-refractivity contribution in [2.24, 2.45) is 0 Å². The molecule has 1 rings (SSSR count). The number of rotatable bonds is 7. The fraction of sp³-hybridized carbons (Fsp3) is 0.438. The third-order valence-corrected chi connectivity index (χ3v) is 2.73. The maximum atomic E-state index is 12.0. The molecule has 0 fully saturated rings. The van der Waals surface area contributed by atoms with Gasteiger partial charge in [-0.3, -0.25) is 0 Å². The van der Waals surface area contributed by atoms with Crippen LogP contribution in [0.15, 0.2) is 36.9 Å². The number of carbonyl (C=O) groups is 1. The molecule has 0 aromatic heterocycles. The fourth-order valence-electron chi connectivity index (χ4n) is 1.90. The number of aliphatic hydroxyl groups is 1. The summed E-state index contributed by atoms with van der Waals surface area (Å²) in [6.07, 6.45) is 1.67. The fourth-order valence-corrected chi connectivity index (χ4v) is 1.90. The molecule has 0 aliphatic heterocycles. The standard InChI is InChI=1S/C16H24N2O3/c1-5-10-21-14-9-7-6-8-13(14)11-17-15(19)18(4)12-16(2,3)20/h5-9,20H,1,10-12H2,2-4H3,(H,17,19). The minimum Gasteiger partial charge on any atom is -0.489 e. The SMILES string of the molecule is C=CCOc1ccccc1CNC(=O)N(C)CC(C)(C)O. The van der Waals surface area contributed by atoms with Gasteiger partial charge >= 0.3 is 6.03 Å². The van der Waals surface area contributed by atoms with E-state index in [2.05, 4.69) is 11.9 Å². The van der Waals surface area contributed by atoms with Crippen LogP contribution in [0.4, 0.5) is 4.79 Å². The van der Waals surface area contributed by atoms with Crippen LogP contribution in [0.2, 0.25) is 0 Å². The third-order valence-electron chi connectivity index (χ3n) is 2.73. The molecule has 1 aromatic rings. The second kappa shape index (κ2) is 7.69. The monoisotopic (exact) mass is 292 g/mol. The van der Waals surface area contributed by atoms with E-state index in [0.717, 1.165) is 11.3 Å². The predicted octanol–water partition coefficient (Wildman–Crippen LogP) is 2.16. The lowest BCUT2D eigenvalue weighted by Crippen LogP contribution is -2.44. The topological polar surface area (TPSA) is 61.8 Å². The molecule has 5 heteroatoms. The molecule has 116 valence electrons. The minimum absolute atomic E-state index is 0.240. The highest BCUT2D eigenvalue weighted by Crippen LogP contribution is 2.17. The van der Waals surface area contributed by atoms with Crippen LogP contribution < -0.4 is 10.1 Å². The van der Waals surface area contributed by atoms with Crippen LogP contribution in [0.25, 0.3) is 0 Å². The number of likely N-dealkylation sites (N-methyl/N-ethyl adjacent to an activating group) is 1. The second-order valence-electron chi connectivity index (χ2n) is 5.53. The molecule has 0 spiro atoms. The van der Waals surface area contributed by atoms with Crippen LogP contribution in [0.1, 0.15) is 19.4 Å². The zero-order chi connectivity index (χ0) is 15.9. The van der Waals surface area contributed by atoms with Crippen molar-refractivity contribution in [3.63, 3.8) is 0 Å². The van der Waals surface area contributed by atoms with E-state index in [4.69, 9.17) is 4.74 Å². The first kappa shape index (κ1) is 17.0. The highest BCUT2D eigenvalue weighted by Gasteiger charge is 2.19. The first-order chi connectivity index (χ1) is 9.83. The number of carbonyl (C=O) groups excluding carboxylic acids is 1. The molecule has 0 bridgehead atoms. The van der Waals surface area contributed by atoms with Crippen molar-refractivity contribution in [2.75, 3.05) is 20.2 Å². The van der Waals surface area contributed by atoms with Gasteiger partial charge in [0.15, 0.2) is 0 Å². The molecule has 0 aliphatic carbocycles. The lowest BCUT2D eigenvalue weighted by atomic mass is 10.1. The molecule has 0 atom stereocenters. The van der Waals surface area contributed by atoms with Gasteiger partial charge in [-0.05, 0) is 19.9 Å². The number of nitrogens with zero attached hydrogens (tertiary/aromatic N) is 1. The molecule has 5 nitrogen and oxygen atoms in total. The van der Waals surface area contributed by atoms with Gasteiger partial charge in [0.2, 0.25) is 0 Å². The molecule has 1 aromatic carbocycles. The number of para-hydroxylation sites is 1. The number of urea groups is 1. The van der Waals surface area contributed by atoms with Crippen molar-refractivity contribution in [3.8, 4) is 5.75 Å². The van der Waals surface area contributed by atoms with E-state index in [1.807, 2.05) is 24.3 Å². The Morgan fingerprint density at radius 2 is 2.14 bits per heavy atom. The van der Waals surface area contributed by atoms with Crippen molar-refractivity contribution >= 4 is 6.03 Å². The molecular formula is C16H24N2O3. The Hall–Kier alpha value is -2.01. The van der Waals surface area contributed by atoms with E-state index in [1.165, 1.54) is 4.90 Å². The average molecular weight is 292 g/mol. The van der Waals surface area contributed by atoms with Crippen LogP contribution in [-0.2, 0) is 6.54 Å². The van der Waals surface area contributed by atoms with Crippen LogP contribution in [0.5, 0.6) is 5.75 Å². The summed E-state index contributed by atoms with van der Waals surface area (Å²) in [6, 6.07) is 7.28. The Morgan fingerprint density at radius 3 is 2.76 bits per heavy atom. The quantitative estimate of drug-likeness (QED) is 0.757. The summed E-state index contributed by atoms with van der Waals surface area (Å²) in [5, 5.41) is 12.5. The number of ether oxygens (including phenoxy) is 1. The van der Waals surface area contributed by atoms with Crippen molar-refractivity contribution in [3.05, 3.63) is 42.5 Å². The highest BCUT2D eigenvalue weighted by atomic mass is 16.5. The van der Waals surface area contributed by atoms with Gasteiger partial charge in [-0.2, -0.15) is 0 Å². The summed E-state index contributed by atoms with van der Waals surface area (Å²) in [4.78, 5) is 13.4. The first-order valence-corrected chi connectivity index (χ1v) is 6.86. The van der Waals surface area contributed by atoms with Gasteiger partial charge in [0, 0.05) is 19.2 Å². The van der Waals surface area contributed by atoms with Gasteiger partial charge < -0.3 is 20.1 Å². The van der Waals surface area contributed by atoms with Gasteiger partial charge in [0.1, 0.15) is 12.4 Å². The van der Waals surface area contributed by atoms with Gasteiger partial charge in [-0.1, -0.05) is 30.9 Å². The zero-order valence-electron chi connectivity index (χ0n) is 12.9. The van der Waals surface area contributed by atoms with Crippen molar-refractivity contribution in [1.82, 2.24) is 10.2 Å². The van der Waals surface area contributed by atoms with Gasteiger partial charge in [0.05, 0.1) is 12.1 Å². The summed E-state index contributed by atoms with van der Waals surface area (Å²) >= 11 is 0. The summed E-state index contributed by atoms with van der Waals surface area (Å²) < 4.78 is 5.54. The first-order valence-electron chi connectivity index (χ1n) is 6.86. The molecule has 0 heterocycles. The Morgan fingerprint density at radius 1 is 1.48 bits per heavy atom. The zero-order valence-corrected chi connectivity index (χ0v) is 12.9. The molecule has 21 heavy (non-hydrogen) atoms. The number of nitrogens with one attached hydrogen (secondary N) is 1. The lowest BCUT2D eigenvalue weighted by Gasteiger charge is -2.25. The lowest BCUT2D eigenvalue weighted by molar-refractivity contribution is 0.0531. The maximum absolute atomic E-state index is 12.0. The molecule has 0 saturated heterocycles. The van der Waals surface area contributed by atoms with Crippen LogP contribution in [-0.4, -0.2) is 41.8 Å². The summed E-state index contributed by atoms with van der Waals surface area (Å²) in [5.41, 5.74) is -0.0266. The molecule has 2 amide bonds. The van der Waals surface area contributed by atoms with Crippen molar-refractivity contribution < 1.29 is 14.6 Å². The van der Waals surface area contributed by atoms with E-state index in [-0.39, 0.29) is 12.6 Å². The number of hydrogen-bond donors (Lipinski definition) is 2. The van der Waals surface area contributed by atoms with E-state index in [1.54, 1.807) is 27.0 Å². The Bertz CT molecular complexity index is 481. The highest BCUT2D eigenvalue weighted by molar-refractivity contribution is 5.74. The van der Waals surface area contributed by atoms with Crippen molar-refractivity contribution in [2.45, 2.75) is 26.0 Å². The van der Waals surface area contributed by atoms with E-state index in [9.17, 15) is 9.90 Å². The van der Waals surface area contributed by atoms with Gasteiger partial charge in [-0.25, -0.2) is 4.79 Å². The Kier molecular flexibility index (Phi) is 6.24. The average Bonchev–Trinajstić information content (AvgIpc) is 2.41. The molecule has 0 radical (unpaired) electrons. The van der Waals surface area contributed by atoms with E-state index < -0.39 is 5.60 Å².